The quantitative estimate of drug-likeness (QED) is 0.739. The van der Waals surface area contributed by atoms with E-state index in [1.807, 2.05) is 36.9 Å². The van der Waals surface area contributed by atoms with E-state index in [4.69, 9.17) is 4.98 Å². The Balaban J connectivity index is 1.42. The van der Waals surface area contributed by atoms with E-state index in [0.717, 1.165) is 60.7 Å². The Morgan fingerprint density at radius 1 is 1.32 bits per heavy atom. The molecule has 3 heterocycles. The van der Waals surface area contributed by atoms with Crippen molar-refractivity contribution >= 4 is 22.6 Å². The predicted octanol–water partition coefficient (Wildman–Crippen LogP) is 2.92. The normalized spacial score (nSPS) is 17.9. The topological polar surface area (TPSA) is 68.0 Å². The summed E-state index contributed by atoms with van der Waals surface area (Å²) in [5, 5.41) is 7.40. The molecule has 28 heavy (non-hydrogen) atoms. The molecule has 1 fully saturated rings. The smallest absolute Gasteiger partial charge is 0.238 e. The third-order valence-corrected chi connectivity index (χ3v) is 5.60. The maximum Gasteiger partial charge on any atom is 0.238 e. The van der Waals surface area contributed by atoms with Gasteiger partial charge in [0.15, 0.2) is 0 Å². The zero-order valence-corrected chi connectivity index (χ0v) is 16.9. The summed E-state index contributed by atoms with van der Waals surface area (Å²) in [6.45, 7) is 6.95. The summed E-state index contributed by atoms with van der Waals surface area (Å²) in [6.07, 6.45) is 4.08. The highest BCUT2D eigenvalue weighted by Gasteiger charge is 2.26. The third-order valence-electron chi connectivity index (χ3n) is 5.60. The number of benzene rings is 1. The van der Waals surface area contributed by atoms with Gasteiger partial charge < -0.3 is 9.88 Å². The molecule has 2 aromatic heterocycles. The maximum absolute atomic E-state index is 12.6. The first-order chi connectivity index (χ1) is 13.5. The summed E-state index contributed by atoms with van der Waals surface area (Å²) < 4.78 is 4.04. The summed E-state index contributed by atoms with van der Waals surface area (Å²) in [6, 6.07) is 8.25. The van der Waals surface area contributed by atoms with Gasteiger partial charge >= 0.3 is 0 Å². The Labute approximate surface area is 165 Å². The molecule has 0 saturated carbocycles. The van der Waals surface area contributed by atoms with Gasteiger partial charge in [-0.1, -0.05) is 12.1 Å². The molecule has 1 amide bonds. The standard InChI is InChI=1S/C21H28N6O/c1-4-27-13-18(15(2)24-27)22-20(28)14-26-11-7-8-16(12-26)21-23-17-9-5-6-10-19(17)25(21)3/h5-6,9-10,13,16H,4,7-8,11-12,14H2,1-3H3,(H,22,28)/t16-/m1/s1. The average Bonchev–Trinajstić information content (AvgIpc) is 3.22. The number of rotatable bonds is 5. The number of anilines is 1. The van der Waals surface area contributed by atoms with Crippen LogP contribution in [0.25, 0.3) is 11.0 Å². The number of hydrogen-bond donors (Lipinski definition) is 1. The van der Waals surface area contributed by atoms with E-state index in [2.05, 4.69) is 39.1 Å². The number of amides is 1. The largest absolute Gasteiger partial charge is 0.331 e. The van der Waals surface area contributed by atoms with Gasteiger partial charge in [0, 0.05) is 32.3 Å². The van der Waals surface area contributed by atoms with Gasteiger partial charge in [0.05, 0.1) is 29.0 Å². The van der Waals surface area contributed by atoms with Crippen LogP contribution in [0.1, 0.15) is 37.2 Å². The van der Waals surface area contributed by atoms with Crippen LogP contribution in [0.4, 0.5) is 5.69 Å². The van der Waals surface area contributed by atoms with Crippen LogP contribution in [0, 0.1) is 6.92 Å². The molecule has 1 aliphatic heterocycles. The number of fused-ring (bicyclic) bond motifs is 1. The van der Waals surface area contributed by atoms with E-state index in [0.29, 0.717) is 12.5 Å². The van der Waals surface area contributed by atoms with E-state index in [9.17, 15) is 4.79 Å². The molecule has 7 heteroatoms. The lowest BCUT2D eigenvalue weighted by Gasteiger charge is -2.31. The maximum atomic E-state index is 12.6. The minimum Gasteiger partial charge on any atom is -0.331 e. The molecule has 1 N–H and O–H groups in total. The molecule has 1 saturated heterocycles. The summed E-state index contributed by atoms with van der Waals surface area (Å²) >= 11 is 0. The molecule has 0 aliphatic carbocycles. The van der Waals surface area contributed by atoms with Crippen molar-refractivity contribution in [1.29, 1.82) is 0 Å². The van der Waals surface area contributed by atoms with Gasteiger partial charge in [-0.3, -0.25) is 14.4 Å². The molecule has 0 unspecified atom stereocenters. The van der Waals surface area contributed by atoms with Crippen molar-refractivity contribution < 1.29 is 4.79 Å². The zero-order chi connectivity index (χ0) is 19.7. The number of carbonyl (C=O) groups excluding carboxylic acids is 1. The van der Waals surface area contributed by atoms with Crippen molar-refractivity contribution in [3.8, 4) is 0 Å². The second-order valence-corrected chi connectivity index (χ2v) is 7.62. The van der Waals surface area contributed by atoms with E-state index in [1.54, 1.807) is 0 Å². The molecule has 1 aromatic carbocycles. The van der Waals surface area contributed by atoms with Crippen molar-refractivity contribution in [2.45, 2.75) is 39.2 Å². The van der Waals surface area contributed by atoms with Crippen molar-refractivity contribution in [2.24, 2.45) is 7.05 Å². The van der Waals surface area contributed by atoms with Crippen molar-refractivity contribution in [2.75, 3.05) is 25.0 Å². The zero-order valence-electron chi connectivity index (χ0n) is 16.9. The number of aromatic nitrogens is 4. The highest BCUT2D eigenvalue weighted by atomic mass is 16.2. The molecule has 4 rings (SSSR count). The molecule has 7 nitrogen and oxygen atoms in total. The fourth-order valence-electron chi connectivity index (χ4n) is 4.13. The lowest BCUT2D eigenvalue weighted by molar-refractivity contribution is -0.117. The second-order valence-electron chi connectivity index (χ2n) is 7.62. The number of nitrogens with one attached hydrogen (secondary N) is 1. The van der Waals surface area contributed by atoms with Crippen LogP contribution < -0.4 is 5.32 Å². The van der Waals surface area contributed by atoms with Crippen molar-refractivity contribution in [3.05, 3.63) is 42.0 Å². The van der Waals surface area contributed by atoms with Gasteiger partial charge in [-0.2, -0.15) is 5.10 Å². The van der Waals surface area contributed by atoms with Gasteiger partial charge in [-0.25, -0.2) is 4.98 Å². The summed E-state index contributed by atoms with van der Waals surface area (Å²) in [7, 11) is 2.09. The van der Waals surface area contributed by atoms with E-state index < -0.39 is 0 Å². The molecule has 1 atom stereocenters. The summed E-state index contributed by atoms with van der Waals surface area (Å²) in [5.74, 6) is 1.49. The number of nitrogens with zero attached hydrogens (tertiary/aromatic N) is 5. The number of para-hydroxylation sites is 2. The molecule has 148 valence electrons. The number of aryl methyl sites for hydroxylation is 3. The fraction of sp³-hybridized carbons (Fsp3) is 0.476. The average molecular weight is 380 g/mol. The Kier molecular flexibility index (Phi) is 5.17. The molecular formula is C21H28N6O. The number of imidazole rings is 1. The number of hydrogen-bond acceptors (Lipinski definition) is 4. The highest BCUT2D eigenvalue weighted by molar-refractivity contribution is 5.92. The number of likely N-dealkylation sites (tertiary alicyclic amines) is 1. The van der Waals surface area contributed by atoms with Crippen LogP contribution in [0.2, 0.25) is 0 Å². The minimum atomic E-state index is 0.0180. The van der Waals surface area contributed by atoms with E-state index in [-0.39, 0.29) is 5.91 Å². The Morgan fingerprint density at radius 2 is 2.14 bits per heavy atom. The molecule has 0 spiro atoms. The van der Waals surface area contributed by atoms with Gasteiger partial charge in [0.2, 0.25) is 5.91 Å². The van der Waals surface area contributed by atoms with Crippen LogP contribution in [0.3, 0.4) is 0 Å². The summed E-state index contributed by atoms with van der Waals surface area (Å²) in [4.78, 5) is 19.7. The first kappa shape index (κ1) is 18.7. The molecule has 1 aliphatic rings. The van der Waals surface area contributed by atoms with Crippen LogP contribution in [0.5, 0.6) is 0 Å². The lowest BCUT2D eigenvalue weighted by atomic mass is 9.97. The van der Waals surface area contributed by atoms with Crippen LogP contribution in [-0.2, 0) is 18.4 Å². The third kappa shape index (κ3) is 3.67. The van der Waals surface area contributed by atoms with Crippen molar-refractivity contribution in [3.63, 3.8) is 0 Å². The molecule has 0 radical (unpaired) electrons. The molecule has 0 bridgehead atoms. The Bertz CT molecular complexity index is 988. The number of piperidine rings is 1. The van der Waals surface area contributed by atoms with Gasteiger partial charge in [0.25, 0.3) is 0 Å². The Hall–Kier alpha value is -2.67. The van der Waals surface area contributed by atoms with Crippen molar-refractivity contribution in [1.82, 2.24) is 24.2 Å². The van der Waals surface area contributed by atoms with Crippen LogP contribution in [0.15, 0.2) is 30.5 Å². The van der Waals surface area contributed by atoms with Gasteiger partial charge in [-0.15, -0.1) is 0 Å². The van der Waals surface area contributed by atoms with Gasteiger partial charge in [0.1, 0.15) is 5.82 Å². The van der Waals surface area contributed by atoms with E-state index >= 15 is 0 Å². The highest BCUT2D eigenvalue weighted by Crippen LogP contribution is 2.28. The monoisotopic (exact) mass is 380 g/mol. The lowest BCUT2D eigenvalue weighted by Crippen LogP contribution is -2.40. The second kappa shape index (κ2) is 7.75. The van der Waals surface area contributed by atoms with Gasteiger partial charge in [-0.05, 0) is 45.4 Å². The summed E-state index contributed by atoms with van der Waals surface area (Å²) in [5.41, 5.74) is 3.86. The van der Waals surface area contributed by atoms with Crippen LogP contribution in [-0.4, -0.2) is 49.8 Å². The SMILES string of the molecule is CCn1cc(NC(=O)CN2CCC[C@@H](c3nc4ccccc4n3C)C2)c(C)n1. The molecule has 3 aromatic rings. The predicted molar refractivity (Wildman–Crippen MR) is 110 cm³/mol. The van der Waals surface area contributed by atoms with Crippen LogP contribution >= 0.6 is 0 Å². The minimum absolute atomic E-state index is 0.0180. The molecular weight excluding hydrogens is 352 g/mol. The Morgan fingerprint density at radius 3 is 2.89 bits per heavy atom. The first-order valence-corrected chi connectivity index (χ1v) is 10.0. The number of carbonyl (C=O) groups is 1. The van der Waals surface area contributed by atoms with E-state index in [1.165, 1.54) is 0 Å². The fourth-order valence-corrected chi connectivity index (χ4v) is 4.13. The first-order valence-electron chi connectivity index (χ1n) is 10.0.